The van der Waals surface area contributed by atoms with Crippen LogP contribution in [0.4, 0.5) is 11.4 Å². The zero-order chi connectivity index (χ0) is 27.8. The van der Waals surface area contributed by atoms with Crippen molar-refractivity contribution in [2.45, 2.75) is 25.7 Å². The molecule has 0 saturated heterocycles. The third-order valence-corrected chi connectivity index (χ3v) is 8.17. The third kappa shape index (κ3) is 4.83. The molecular weight excluding hydrogens is 508 g/mol. The van der Waals surface area contributed by atoms with Crippen molar-refractivity contribution in [2.24, 2.45) is 17.8 Å². The summed E-state index contributed by atoms with van der Waals surface area (Å²) in [4.78, 5) is 33.9. The minimum Gasteiger partial charge on any atom is -0.493 e. The molecule has 2 aliphatic carbocycles. The predicted molar refractivity (Wildman–Crippen MR) is 153 cm³/mol. The Balaban J connectivity index is 1.14. The fourth-order valence-corrected chi connectivity index (χ4v) is 6.15. The van der Waals surface area contributed by atoms with Crippen molar-refractivity contribution in [3.8, 4) is 28.6 Å². The van der Waals surface area contributed by atoms with E-state index in [1.165, 1.54) is 40.6 Å². The van der Waals surface area contributed by atoms with Gasteiger partial charge in [-0.25, -0.2) is 4.98 Å². The van der Waals surface area contributed by atoms with E-state index >= 15 is 0 Å². The zero-order valence-electron chi connectivity index (χ0n) is 22.7. The number of nitrogens with zero attached hydrogens (tertiary/aromatic N) is 1. The molecule has 40 heavy (non-hydrogen) atoms. The van der Waals surface area contributed by atoms with Crippen LogP contribution in [0.1, 0.15) is 36.0 Å². The van der Waals surface area contributed by atoms with Gasteiger partial charge in [0.15, 0.2) is 11.5 Å². The molecule has 3 N–H and O–H groups in total. The van der Waals surface area contributed by atoms with Gasteiger partial charge in [-0.3, -0.25) is 9.59 Å². The van der Waals surface area contributed by atoms with Crippen LogP contribution in [0.5, 0.6) is 17.2 Å². The van der Waals surface area contributed by atoms with Crippen molar-refractivity contribution >= 4 is 34.2 Å². The average Bonchev–Trinajstić information content (AvgIpc) is 3.72. The number of aromatic nitrogens is 2. The summed E-state index contributed by atoms with van der Waals surface area (Å²) in [5, 5.41) is 6.02. The molecule has 2 saturated carbocycles. The van der Waals surface area contributed by atoms with Gasteiger partial charge in [-0.15, -0.1) is 0 Å². The number of carbonyl (C=O) groups excluding carboxylic acids is 2. The van der Waals surface area contributed by atoms with Crippen molar-refractivity contribution in [3.05, 3.63) is 60.2 Å². The number of imidazole rings is 1. The second-order valence-electron chi connectivity index (χ2n) is 10.5. The zero-order valence-corrected chi connectivity index (χ0v) is 22.7. The standard InChI is InChI=1S/C31H32N4O5/c1-38-26-14-20(15-27(39-2)28(26)40-3)30(36)32-21-8-6-18(7-9-21)29-34-24-11-10-22(16-25(24)35-29)33-31(37)23-13-17-4-5-19(23)12-17/h6-11,14-17,19,23H,4-5,12-13H2,1-3H3,(H,32,36)(H,33,37)(H,34,35). The second kappa shape index (κ2) is 10.6. The number of benzene rings is 3. The minimum atomic E-state index is -0.309. The highest BCUT2D eigenvalue weighted by atomic mass is 16.5. The first-order chi connectivity index (χ1) is 19.4. The lowest BCUT2D eigenvalue weighted by Gasteiger charge is -2.20. The summed E-state index contributed by atoms with van der Waals surface area (Å²) < 4.78 is 16.0. The highest BCUT2D eigenvalue weighted by Crippen LogP contribution is 2.48. The number of anilines is 2. The van der Waals surface area contributed by atoms with E-state index in [0.717, 1.165) is 34.6 Å². The van der Waals surface area contributed by atoms with Crippen molar-refractivity contribution in [1.82, 2.24) is 9.97 Å². The van der Waals surface area contributed by atoms with Gasteiger partial charge in [0.2, 0.25) is 11.7 Å². The first-order valence-corrected chi connectivity index (χ1v) is 13.5. The van der Waals surface area contributed by atoms with Crippen molar-refractivity contribution < 1.29 is 23.8 Å². The topological polar surface area (TPSA) is 115 Å². The summed E-state index contributed by atoms with van der Waals surface area (Å²) in [5.74, 6) is 3.17. The van der Waals surface area contributed by atoms with Crippen LogP contribution in [0.3, 0.4) is 0 Å². The van der Waals surface area contributed by atoms with E-state index in [-0.39, 0.29) is 17.7 Å². The summed E-state index contributed by atoms with van der Waals surface area (Å²) in [6.07, 6.45) is 4.68. The van der Waals surface area contributed by atoms with Crippen molar-refractivity contribution in [1.29, 1.82) is 0 Å². The van der Waals surface area contributed by atoms with E-state index in [1.807, 2.05) is 42.5 Å². The van der Waals surface area contributed by atoms with E-state index in [9.17, 15) is 9.59 Å². The molecular formula is C31H32N4O5. The molecule has 2 aliphatic rings. The fraction of sp³-hybridized carbons (Fsp3) is 0.323. The average molecular weight is 541 g/mol. The number of hydrogen-bond donors (Lipinski definition) is 3. The highest BCUT2D eigenvalue weighted by molar-refractivity contribution is 6.05. The van der Waals surface area contributed by atoms with Gasteiger partial charge in [0.1, 0.15) is 5.82 Å². The Morgan fingerprint density at radius 2 is 1.57 bits per heavy atom. The number of nitrogens with one attached hydrogen (secondary N) is 3. The number of rotatable bonds is 8. The van der Waals surface area contributed by atoms with Crippen LogP contribution in [0, 0.1) is 17.8 Å². The lowest BCUT2D eigenvalue weighted by atomic mass is 9.88. The number of ether oxygens (including phenoxy) is 3. The van der Waals surface area contributed by atoms with Crippen LogP contribution in [-0.2, 0) is 4.79 Å². The van der Waals surface area contributed by atoms with E-state index < -0.39 is 0 Å². The Hall–Kier alpha value is -4.53. The van der Waals surface area contributed by atoms with E-state index in [4.69, 9.17) is 19.2 Å². The Morgan fingerprint density at radius 3 is 2.20 bits per heavy atom. The summed E-state index contributed by atoms with van der Waals surface area (Å²) in [7, 11) is 4.53. The van der Waals surface area contributed by atoms with Gasteiger partial charge >= 0.3 is 0 Å². The van der Waals surface area contributed by atoms with Crippen molar-refractivity contribution in [2.75, 3.05) is 32.0 Å². The minimum absolute atomic E-state index is 0.135. The molecule has 3 atom stereocenters. The van der Waals surface area contributed by atoms with Crippen LogP contribution < -0.4 is 24.8 Å². The normalized spacial score (nSPS) is 19.4. The number of methoxy groups -OCH3 is 3. The summed E-state index contributed by atoms with van der Waals surface area (Å²) >= 11 is 0. The van der Waals surface area contributed by atoms with Gasteiger partial charge < -0.3 is 29.8 Å². The Bertz CT molecular complexity index is 1550. The molecule has 2 fully saturated rings. The molecule has 3 aromatic carbocycles. The smallest absolute Gasteiger partial charge is 0.255 e. The summed E-state index contributed by atoms with van der Waals surface area (Å²) in [6, 6.07) is 16.4. The van der Waals surface area contributed by atoms with E-state index in [2.05, 4.69) is 15.6 Å². The SMILES string of the molecule is COc1cc(C(=O)Nc2ccc(-c3nc4ccc(NC(=O)C5CC6CCC5C6)cc4[nH]3)cc2)cc(OC)c1OC. The van der Waals surface area contributed by atoms with Gasteiger partial charge in [-0.2, -0.15) is 0 Å². The number of H-pyrrole nitrogens is 1. The molecule has 0 spiro atoms. The van der Waals surface area contributed by atoms with E-state index in [0.29, 0.717) is 40.2 Å². The van der Waals surface area contributed by atoms with Gasteiger partial charge in [0.25, 0.3) is 5.91 Å². The number of amides is 2. The molecule has 1 aromatic heterocycles. The molecule has 4 aromatic rings. The third-order valence-electron chi connectivity index (χ3n) is 8.17. The molecule has 0 aliphatic heterocycles. The molecule has 9 heteroatoms. The molecule has 2 bridgehead atoms. The maximum atomic E-state index is 12.9. The Labute approximate surface area is 232 Å². The molecule has 206 valence electrons. The monoisotopic (exact) mass is 540 g/mol. The largest absolute Gasteiger partial charge is 0.493 e. The highest BCUT2D eigenvalue weighted by Gasteiger charge is 2.43. The lowest BCUT2D eigenvalue weighted by Crippen LogP contribution is -2.27. The molecule has 0 radical (unpaired) electrons. The van der Waals surface area contributed by atoms with Crippen LogP contribution in [-0.4, -0.2) is 43.1 Å². The maximum Gasteiger partial charge on any atom is 0.255 e. The maximum absolute atomic E-state index is 12.9. The van der Waals surface area contributed by atoms with E-state index in [1.54, 1.807) is 12.1 Å². The van der Waals surface area contributed by atoms with Crippen molar-refractivity contribution in [3.63, 3.8) is 0 Å². The predicted octanol–water partition coefficient (Wildman–Crippen LogP) is 5.88. The first-order valence-electron chi connectivity index (χ1n) is 13.5. The van der Waals surface area contributed by atoms with Gasteiger partial charge in [-0.1, -0.05) is 6.42 Å². The number of aromatic amines is 1. The van der Waals surface area contributed by atoms with Crippen LogP contribution in [0.25, 0.3) is 22.4 Å². The van der Waals surface area contributed by atoms with Gasteiger partial charge in [0.05, 0.1) is 32.4 Å². The molecule has 6 rings (SSSR count). The fourth-order valence-electron chi connectivity index (χ4n) is 6.15. The number of carbonyl (C=O) groups is 2. The first kappa shape index (κ1) is 25.7. The molecule has 3 unspecified atom stereocenters. The van der Waals surface area contributed by atoms with Gasteiger partial charge in [0, 0.05) is 28.4 Å². The lowest BCUT2D eigenvalue weighted by molar-refractivity contribution is -0.121. The van der Waals surface area contributed by atoms with Crippen LogP contribution in [0.2, 0.25) is 0 Å². The quantitative estimate of drug-likeness (QED) is 0.257. The summed E-state index contributed by atoms with van der Waals surface area (Å²) in [5.41, 5.74) is 4.31. The van der Waals surface area contributed by atoms with Crippen LogP contribution in [0.15, 0.2) is 54.6 Å². The molecule has 2 amide bonds. The van der Waals surface area contributed by atoms with Crippen LogP contribution >= 0.6 is 0 Å². The number of fused-ring (bicyclic) bond motifs is 3. The molecule has 9 nitrogen and oxygen atoms in total. The second-order valence-corrected chi connectivity index (χ2v) is 10.5. The summed E-state index contributed by atoms with van der Waals surface area (Å²) in [6.45, 7) is 0. The molecule has 1 heterocycles. The van der Waals surface area contributed by atoms with Gasteiger partial charge in [-0.05, 0) is 85.7 Å². The Kier molecular flexibility index (Phi) is 6.79. The Morgan fingerprint density at radius 1 is 0.850 bits per heavy atom. The number of hydrogen-bond acceptors (Lipinski definition) is 6.